The first-order chi connectivity index (χ1) is 11.1. The van der Waals surface area contributed by atoms with Crippen molar-refractivity contribution in [1.29, 1.82) is 0 Å². The molecule has 0 amide bonds. The minimum atomic E-state index is -0.271. The standard InChI is InChI=1S/C17H19BrFNO3/c1-22-16-9-13(10-20-6-7-21)8-15(18)17(16)23-11-12-2-4-14(19)5-3-12/h2-5,8-9,20-21H,6-7,10-11H2,1H3. The van der Waals surface area contributed by atoms with Crippen LogP contribution in [0.5, 0.6) is 11.5 Å². The average molecular weight is 384 g/mol. The van der Waals surface area contributed by atoms with Crippen LogP contribution >= 0.6 is 15.9 Å². The molecule has 2 rings (SSSR count). The van der Waals surface area contributed by atoms with Gasteiger partial charge in [-0.15, -0.1) is 0 Å². The number of hydrogen-bond acceptors (Lipinski definition) is 4. The highest BCUT2D eigenvalue weighted by Crippen LogP contribution is 2.37. The molecule has 4 nitrogen and oxygen atoms in total. The van der Waals surface area contributed by atoms with E-state index in [1.54, 1.807) is 19.2 Å². The Morgan fingerprint density at radius 2 is 1.91 bits per heavy atom. The summed E-state index contributed by atoms with van der Waals surface area (Å²) in [6.45, 7) is 1.56. The van der Waals surface area contributed by atoms with Crippen molar-refractivity contribution in [3.05, 3.63) is 57.8 Å². The van der Waals surface area contributed by atoms with Crippen molar-refractivity contribution in [3.63, 3.8) is 0 Å². The van der Waals surface area contributed by atoms with Crippen LogP contribution in [-0.2, 0) is 13.2 Å². The van der Waals surface area contributed by atoms with Crippen molar-refractivity contribution in [2.75, 3.05) is 20.3 Å². The number of halogens is 2. The van der Waals surface area contributed by atoms with Crippen LogP contribution in [0.3, 0.4) is 0 Å². The molecule has 0 heterocycles. The van der Waals surface area contributed by atoms with E-state index in [0.717, 1.165) is 15.6 Å². The van der Waals surface area contributed by atoms with E-state index >= 15 is 0 Å². The molecule has 0 aliphatic carbocycles. The summed E-state index contributed by atoms with van der Waals surface area (Å²) in [4.78, 5) is 0. The van der Waals surface area contributed by atoms with E-state index in [1.807, 2.05) is 12.1 Å². The third-order valence-corrected chi connectivity index (χ3v) is 3.79. The summed E-state index contributed by atoms with van der Waals surface area (Å²) in [6, 6.07) is 10.00. The number of ether oxygens (including phenoxy) is 2. The molecule has 2 aromatic carbocycles. The lowest BCUT2D eigenvalue weighted by Gasteiger charge is -2.15. The summed E-state index contributed by atoms with van der Waals surface area (Å²) < 4.78 is 24.9. The predicted octanol–water partition coefficient (Wildman–Crippen LogP) is 3.26. The molecule has 2 N–H and O–H groups in total. The topological polar surface area (TPSA) is 50.7 Å². The van der Waals surface area contributed by atoms with Gasteiger partial charge in [0.1, 0.15) is 12.4 Å². The molecule has 6 heteroatoms. The van der Waals surface area contributed by atoms with Crippen LogP contribution in [0, 0.1) is 5.82 Å². The van der Waals surface area contributed by atoms with Gasteiger partial charge in [0, 0.05) is 13.1 Å². The SMILES string of the molecule is COc1cc(CNCCO)cc(Br)c1OCc1ccc(F)cc1. The smallest absolute Gasteiger partial charge is 0.175 e. The third kappa shape index (κ3) is 5.20. The van der Waals surface area contributed by atoms with E-state index in [2.05, 4.69) is 21.2 Å². The van der Waals surface area contributed by atoms with Gasteiger partial charge in [-0.05, 0) is 51.3 Å². The maximum absolute atomic E-state index is 12.9. The first kappa shape index (κ1) is 17.7. The zero-order valence-electron chi connectivity index (χ0n) is 12.8. The summed E-state index contributed by atoms with van der Waals surface area (Å²) >= 11 is 3.49. The second-order valence-corrected chi connectivity index (χ2v) is 5.78. The second kappa shape index (κ2) is 8.86. The third-order valence-electron chi connectivity index (χ3n) is 3.20. The fourth-order valence-corrected chi connectivity index (χ4v) is 2.67. The molecule has 0 aromatic heterocycles. The van der Waals surface area contributed by atoms with Crippen LogP contribution in [0.1, 0.15) is 11.1 Å². The van der Waals surface area contributed by atoms with Gasteiger partial charge in [0.15, 0.2) is 11.5 Å². The number of methoxy groups -OCH3 is 1. The van der Waals surface area contributed by atoms with Crippen molar-refractivity contribution in [2.24, 2.45) is 0 Å². The largest absolute Gasteiger partial charge is 0.493 e. The van der Waals surface area contributed by atoms with Crippen molar-refractivity contribution in [3.8, 4) is 11.5 Å². The average Bonchev–Trinajstić information content (AvgIpc) is 2.55. The van der Waals surface area contributed by atoms with Crippen molar-refractivity contribution < 1.29 is 19.0 Å². The molecule has 2 aromatic rings. The molecule has 0 aliphatic heterocycles. The van der Waals surface area contributed by atoms with Gasteiger partial charge in [0.25, 0.3) is 0 Å². The number of nitrogens with one attached hydrogen (secondary N) is 1. The Labute approximate surface area is 143 Å². The quantitative estimate of drug-likeness (QED) is 0.687. The molecular weight excluding hydrogens is 365 g/mol. The summed E-state index contributed by atoms with van der Waals surface area (Å²) in [5.41, 5.74) is 1.88. The van der Waals surface area contributed by atoms with E-state index in [4.69, 9.17) is 14.6 Å². The van der Waals surface area contributed by atoms with Gasteiger partial charge in [0.05, 0.1) is 18.2 Å². The maximum atomic E-state index is 12.9. The first-order valence-corrected chi connectivity index (χ1v) is 7.98. The van der Waals surface area contributed by atoms with Gasteiger partial charge in [-0.1, -0.05) is 12.1 Å². The first-order valence-electron chi connectivity index (χ1n) is 7.19. The lowest BCUT2D eigenvalue weighted by atomic mass is 10.2. The van der Waals surface area contributed by atoms with E-state index in [1.165, 1.54) is 12.1 Å². The summed E-state index contributed by atoms with van der Waals surface area (Å²) in [7, 11) is 1.58. The predicted molar refractivity (Wildman–Crippen MR) is 90.2 cm³/mol. The van der Waals surface area contributed by atoms with Gasteiger partial charge >= 0.3 is 0 Å². The molecule has 0 fully saturated rings. The lowest BCUT2D eigenvalue weighted by molar-refractivity contribution is 0.282. The number of aliphatic hydroxyl groups excluding tert-OH is 1. The highest BCUT2D eigenvalue weighted by Gasteiger charge is 2.12. The fraction of sp³-hybridized carbons (Fsp3) is 0.294. The van der Waals surface area contributed by atoms with Crippen LogP contribution in [0.2, 0.25) is 0 Å². The number of hydrogen-bond donors (Lipinski definition) is 2. The van der Waals surface area contributed by atoms with E-state index in [0.29, 0.717) is 31.2 Å². The molecule has 0 saturated heterocycles. The van der Waals surface area contributed by atoms with Crippen LogP contribution in [0.4, 0.5) is 4.39 Å². The zero-order valence-corrected chi connectivity index (χ0v) is 14.4. The Balaban J connectivity index is 2.09. The van der Waals surface area contributed by atoms with Crippen molar-refractivity contribution in [2.45, 2.75) is 13.2 Å². The van der Waals surface area contributed by atoms with Gasteiger partial charge in [-0.2, -0.15) is 0 Å². The summed E-state index contributed by atoms with van der Waals surface area (Å²) in [6.07, 6.45) is 0. The minimum absolute atomic E-state index is 0.0944. The molecule has 0 atom stereocenters. The molecule has 0 bridgehead atoms. The lowest BCUT2D eigenvalue weighted by Crippen LogP contribution is -2.17. The van der Waals surface area contributed by atoms with Crippen molar-refractivity contribution >= 4 is 15.9 Å². The normalized spacial score (nSPS) is 10.6. The van der Waals surface area contributed by atoms with Crippen LogP contribution < -0.4 is 14.8 Å². The summed E-state index contributed by atoms with van der Waals surface area (Å²) in [5, 5.41) is 11.9. The van der Waals surface area contributed by atoms with Crippen LogP contribution in [-0.4, -0.2) is 25.4 Å². The minimum Gasteiger partial charge on any atom is -0.493 e. The van der Waals surface area contributed by atoms with Crippen molar-refractivity contribution in [1.82, 2.24) is 5.32 Å². The van der Waals surface area contributed by atoms with E-state index in [9.17, 15) is 4.39 Å². The molecule has 0 spiro atoms. The Bertz CT molecular complexity index is 634. The Kier molecular flexibility index (Phi) is 6.83. The highest BCUT2D eigenvalue weighted by atomic mass is 79.9. The summed E-state index contributed by atoms with van der Waals surface area (Å²) in [5.74, 6) is 0.942. The van der Waals surface area contributed by atoms with Gasteiger partial charge in [-0.3, -0.25) is 0 Å². The number of benzene rings is 2. The molecule has 0 radical (unpaired) electrons. The molecule has 124 valence electrons. The Hall–Kier alpha value is -1.63. The molecular formula is C17H19BrFNO3. The monoisotopic (exact) mass is 383 g/mol. The highest BCUT2D eigenvalue weighted by molar-refractivity contribution is 9.10. The van der Waals surface area contributed by atoms with Crippen LogP contribution in [0.15, 0.2) is 40.9 Å². The van der Waals surface area contributed by atoms with Crippen LogP contribution in [0.25, 0.3) is 0 Å². The Morgan fingerprint density at radius 3 is 2.57 bits per heavy atom. The molecule has 0 saturated carbocycles. The zero-order chi connectivity index (χ0) is 16.7. The molecule has 0 unspecified atom stereocenters. The van der Waals surface area contributed by atoms with Gasteiger partial charge in [0.2, 0.25) is 0 Å². The van der Waals surface area contributed by atoms with Gasteiger partial charge < -0.3 is 19.9 Å². The van der Waals surface area contributed by atoms with E-state index < -0.39 is 0 Å². The second-order valence-electron chi connectivity index (χ2n) is 4.92. The molecule has 0 aliphatic rings. The Morgan fingerprint density at radius 1 is 1.17 bits per heavy atom. The number of rotatable bonds is 8. The maximum Gasteiger partial charge on any atom is 0.175 e. The molecule has 23 heavy (non-hydrogen) atoms. The van der Waals surface area contributed by atoms with Gasteiger partial charge in [-0.25, -0.2) is 4.39 Å². The van der Waals surface area contributed by atoms with E-state index in [-0.39, 0.29) is 12.4 Å². The fourth-order valence-electron chi connectivity index (χ4n) is 2.06. The number of aliphatic hydroxyl groups is 1.